The molecule has 2 aromatic rings. The first-order valence-electron chi connectivity index (χ1n) is 9.13. The van der Waals surface area contributed by atoms with Gasteiger partial charge >= 0.3 is 12.0 Å². The van der Waals surface area contributed by atoms with Gasteiger partial charge in [-0.15, -0.1) is 0 Å². The van der Waals surface area contributed by atoms with E-state index < -0.39 is 5.97 Å². The number of hydrogen-bond acceptors (Lipinski definition) is 4. The normalized spacial score (nSPS) is 12.6. The van der Waals surface area contributed by atoms with Crippen molar-refractivity contribution < 1.29 is 19.1 Å². The van der Waals surface area contributed by atoms with Crippen LogP contribution in [0.4, 0.5) is 10.5 Å². The zero-order valence-electron chi connectivity index (χ0n) is 15.4. The number of urea groups is 1. The number of esters is 1. The molecule has 0 saturated heterocycles. The van der Waals surface area contributed by atoms with E-state index in [4.69, 9.17) is 4.74 Å². The van der Waals surface area contributed by atoms with Crippen molar-refractivity contribution in [3.05, 3.63) is 59.2 Å². The van der Waals surface area contributed by atoms with E-state index in [1.165, 1.54) is 31.1 Å². The number of carbonyl (C=O) groups excluding carboxylic acids is 2. The summed E-state index contributed by atoms with van der Waals surface area (Å²) < 4.78 is 10.4. The van der Waals surface area contributed by atoms with Gasteiger partial charge in [-0.25, -0.2) is 9.59 Å². The summed E-state index contributed by atoms with van der Waals surface area (Å²) in [5, 5.41) is 5.42. The van der Waals surface area contributed by atoms with E-state index in [2.05, 4.69) is 27.5 Å². The third-order valence-corrected chi connectivity index (χ3v) is 4.52. The fourth-order valence-electron chi connectivity index (χ4n) is 3.15. The summed E-state index contributed by atoms with van der Waals surface area (Å²) in [5.41, 5.74) is 3.69. The fraction of sp³-hybridized carbons (Fsp3) is 0.333. The summed E-state index contributed by atoms with van der Waals surface area (Å²) in [4.78, 5) is 23.5. The van der Waals surface area contributed by atoms with E-state index in [0.29, 0.717) is 24.4 Å². The number of rotatable bonds is 6. The molecule has 1 aliphatic carbocycles. The Hall–Kier alpha value is -3.02. The Morgan fingerprint density at radius 3 is 2.67 bits per heavy atom. The Balaban J connectivity index is 1.43. The van der Waals surface area contributed by atoms with Crippen LogP contribution in [0.1, 0.15) is 34.3 Å². The molecule has 6 nitrogen and oxygen atoms in total. The second-order valence-electron chi connectivity index (χ2n) is 6.44. The van der Waals surface area contributed by atoms with Crippen molar-refractivity contribution in [1.82, 2.24) is 5.32 Å². The van der Waals surface area contributed by atoms with Crippen molar-refractivity contribution in [3.8, 4) is 5.75 Å². The number of anilines is 1. The molecule has 0 bridgehead atoms. The maximum absolute atomic E-state index is 12.0. The summed E-state index contributed by atoms with van der Waals surface area (Å²) >= 11 is 0. The predicted molar refractivity (Wildman–Crippen MR) is 103 cm³/mol. The largest absolute Gasteiger partial charge is 0.492 e. The summed E-state index contributed by atoms with van der Waals surface area (Å²) in [6.45, 7) is 0.758. The van der Waals surface area contributed by atoms with Crippen molar-refractivity contribution in [2.24, 2.45) is 0 Å². The van der Waals surface area contributed by atoms with Crippen LogP contribution in [-0.2, 0) is 17.6 Å². The summed E-state index contributed by atoms with van der Waals surface area (Å²) in [6, 6.07) is 12.5. The van der Waals surface area contributed by atoms with Gasteiger partial charge in [0.1, 0.15) is 12.4 Å². The predicted octanol–water partition coefficient (Wildman–Crippen LogP) is 3.55. The maximum Gasteiger partial charge on any atom is 0.337 e. The number of fused-ring (bicyclic) bond motifs is 1. The number of ether oxygens (including phenoxy) is 2. The molecule has 0 heterocycles. The molecule has 3 rings (SSSR count). The molecule has 2 amide bonds. The van der Waals surface area contributed by atoms with Crippen LogP contribution < -0.4 is 15.4 Å². The van der Waals surface area contributed by atoms with E-state index >= 15 is 0 Å². The molecule has 0 saturated carbocycles. The van der Waals surface area contributed by atoms with Crippen molar-refractivity contribution >= 4 is 17.7 Å². The standard InChI is InChI=1S/C21H24N2O4/c1-26-20(24)17-7-4-8-18(13-17)23-21(25)22-11-12-27-19-10-9-15-5-2-3-6-16(15)14-19/h4,7-10,13-14H,2-3,5-6,11-12H2,1H3,(H2,22,23,25). The minimum Gasteiger partial charge on any atom is -0.492 e. The molecule has 1 aliphatic rings. The average molecular weight is 368 g/mol. The molecular weight excluding hydrogens is 344 g/mol. The van der Waals surface area contributed by atoms with Gasteiger partial charge < -0.3 is 20.1 Å². The van der Waals surface area contributed by atoms with E-state index in [0.717, 1.165) is 18.6 Å². The number of methoxy groups -OCH3 is 1. The summed E-state index contributed by atoms with van der Waals surface area (Å²) in [7, 11) is 1.32. The van der Waals surface area contributed by atoms with E-state index in [-0.39, 0.29) is 6.03 Å². The summed E-state index contributed by atoms with van der Waals surface area (Å²) in [5.74, 6) is 0.390. The number of nitrogens with one attached hydrogen (secondary N) is 2. The quantitative estimate of drug-likeness (QED) is 0.604. The van der Waals surface area contributed by atoms with Gasteiger partial charge in [-0.2, -0.15) is 0 Å². The maximum atomic E-state index is 12.0. The highest BCUT2D eigenvalue weighted by molar-refractivity contribution is 5.93. The van der Waals surface area contributed by atoms with Gasteiger partial charge in [-0.05, 0) is 67.1 Å². The van der Waals surface area contributed by atoms with Crippen LogP contribution in [0.3, 0.4) is 0 Å². The zero-order valence-corrected chi connectivity index (χ0v) is 15.4. The highest BCUT2D eigenvalue weighted by atomic mass is 16.5. The monoisotopic (exact) mass is 368 g/mol. The van der Waals surface area contributed by atoms with Gasteiger partial charge in [0, 0.05) is 5.69 Å². The Kier molecular flexibility index (Phi) is 6.30. The van der Waals surface area contributed by atoms with Crippen LogP contribution in [0, 0.1) is 0 Å². The van der Waals surface area contributed by atoms with Crippen molar-refractivity contribution in [2.75, 3.05) is 25.6 Å². The molecule has 27 heavy (non-hydrogen) atoms. The molecule has 0 spiro atoms. The average Bonchev–Trinajstić information content (AvgIpc) is 2.70. The van der Waals surface area contributed by atoms with Crippen LogP contribution in [0.2, 0.25) is 0 Å². The number of amides is 2. The summed E-state index contributed by atoms with van der Waals surface area (Å²) in [6.07, 6.45) is 4.75. The van der Waals surface area contributed by atoms with E-state index in [1.807, 2.05) is 6.07 Å². The Morgan fingerprint density at radius 2 is 1.85 bits per heavy atom. The molecule has 0 fully saturated rings. The number of benzene rings is 2. The minimum absolute atomic E-state index is 0.356. The van der Waals surface area contributed by atoms with Crippen LogP contribution in [0.25, 0.3) is 0 Å². The minimum atomic E-state index is -0.447. The van der Waals surface area contributed by atoms with Crippen LogP contribution in [0.15, 0.2) is 42.5 Å². The zero-order chi connectivity index (χ0) is 19.1. The number of carbonyl (C=O) groups is 2. The van der Waals surface area contributed by atoms with Crippen LogP contribution >= 0.6 is 0 Å². The smallest absolute Gasteiger partial charge is 0.337 e. The highest BCUT2D eigenvalue weighted by Gasteiger charge is 2.10. The molecular formula is C21H24N2O4. The molecule has 0 radical (unpaired) electrons. The van der Waals surface area contributed by atoms with Gasteiger partial charge in [0.05, 0.1) is 19.2 Å². The molecule has 0 aliphatic heterocycles. The first-order valence-corrected chi connectivity index (χ1v) is 9.13. The second-order valence-corrected chi connectivity index (χ2v) is 6.44. The SMILES string of the molecule is COC(=O)c1cccc(NC(=O)NCCOc2ccc3c(c2)CCCC3)c1. The lowest BCUT2D eigenvalue weighted by Crippen LogP contribution is -2.32. The van der Waals surface area contributed by atoms with Gasteiger partial charge in [-0.1, -0.05) is 12.1 Å². The second kappa shape index (κ2) is 9.07. The first-order chi connectivity index (χ1) is 13.2. The number of hydrogen-bond donors (Lipinski definition) is 2. The molecule has 0 unspecified atom stereocenters. The topological polar surface area (TPSA) is 76.7 Å². The number of aryl methyl sites for hydroxylation is 2. The Labute approximate surface area is 158 Å². The first kappa shape index (κ1) is 18.8. The third kappa shape index (κ3) is 5.23. The molecule has 0 atom stereocenters. The van der Waals surface area contributed by atoms with Crippen LogP contribution in [0.5, 0.6) is 5.75 Å². The molecule has 2 aromatic carbocycles. The lowest BCUT2D eigenvalue weighted by Gasteiger charge is -2.17. The van der Waals surface area contributed by atoms with Gasteiger partial charge in [0.2, 0.25) is 0 Å². The van der Waals surface area contributed by atoms with Crippen molar-refractivity contribution in [3.63, 3.8) is 0 Å². The molecule has 2 N–H and O–H groups in total. The van der Waals surface area contributed by atoms with E-state index in [1.54, 1.807) is 24.3 Å². The lowest BCUT2D eigenvalue weighted by molar-refractivity contribution is 0.0600. The van der Waals surface area contributed by atoms with Crippen molar-refractivity contribution in [1.29, 1.82) is 0 Å². The van der Waals surface area contributed by atoms with Gasteiger partial charge in [0.15, 0.2) is 0 Å². The molecule has 142 valence electrons. The molecule has 6 heteroatoms. The fourth-order valence-corrected chi connectivity index (χ4v) is 3.15. The third-order valence-electron chi connectivity index (χ3n) is 4.52. The molecule has 0 aromatic heterocycles. The van der Waals surface area contributed by atoms with Gasteiger partial charge in [0.25, 0.3) is 0 Å². The van der Waals surface area contributed by atoms with Crippen molar-refractivity contribution in [2.45, 2.75) is 25.7 Å². The Bertz CT molecular complexity index is 820. The van der Waals surface area contributed by atoms with E-state index in [9.17, 15) is 9.59 Å². The van der Waals surface area contributed by atoms with Crippen LogP contribution in [-0.4, -0.2) is 32.3 Å². The lowest BCUT2D eigenvalue weighted by atomic mass is 9.92. The van der Waals surface area contributed by atoms with Gasteiger partial charge in [-0.3, -0.25) is 0 Å². The Morgan fingerprint density at radius 1 is 1.04 bits per heavy atom. The highest BCUT2D eigenvalue weighted by Crippen LogP contribution is 2.25.